The number of rotatable bonds is 7. The molecular weight excluding hydrogens is 485 g/mol. The topological polar surface area (TPSA) is 9.23 Å². The van der Waals surface area contributed by atoms with E-state index in [0.717, 1.165) is 31.0 Å². The van der Waals surface area contributed by atoms with E-state index in [-0.39, 0.29) is 29.2 Å². The molecule has 1 nitrogen and oxygen atoms in total. The van der Waals surface area contributed by atoms with Crippen molar-refractivity contribution in [2.75, 3.05) is 0 Å². The van der Waals surface area contributed by atoms with E-state index in [1.807, 2.05) is 0 Å². The highest BCUT2D eigenvalue weighted by atomic mass is 19.3. The number of hydrogen-bond acceptors (Lipinski definition) is 1. The van der Waals surface area contributed by atoms with Crippen molar-refractivity contribution in [2.45, 2.75) is 57.5 Å². The van der Waals surface area contributed by atoms with Gasteiger partial charge in [-0.1, -0.05) is 38.0 Å². The Morgan fingerprint density at radius 2 is 1.31 bits per heavy atom. The summed E-state index contributed by atoms with van der Waals surface area (Å²) in [6.45, 7) is 2.09. The van der Waals surface area contributed by atoms with Crippen molar-refractivity contribution in [1.82, 2.24) is 0 Å². The predicted octanol–water partition coefficient (Wildman–Crippen LogP) is 8.59. The van der Waals surface area contributed by atoms with E-state index in [4.69, 9.17) is 4.74 Å². The summed E-state index contributed by atoms with van der Waals surface area (Å²) in [6, 6.07) is 9.28. The summed E-state index contributed by atoms with van der Waals surface area (Å²) in [5.41, 5.74) is -0.192. The first-order chi connectivity index (χ1) is 17.0. The summed E-state index contributed by atoms with van der Waals surface area (Å²) in [5, 5.41) is 0. The fourth-order valence-electron chi connectivity index (χ4n) is 4.64. The molecule has 0 saturated heterocycles. The number of hydrogen-bond donors (Lipinski definition) is 0. The molecule has 0 spiro atoms. The van der Waals surface area contributed by atoms with Crippen LogP contribution < -0.4 is 4.74 Å². The Hall–Kier alpha value is -3.03. The Kier molecular flexibility index (Phi) is 7.62. The molecule has 0 bridgehead atoms. The Morgan fingerprint density at radius 3 is 1.92 bits per heavy atom. The molecule has 3 aromatic carbocycles. The molecule has 1 aliphatic rings. The summed E-state index contributed by atoms with van der Waals surface area (Å²) in [4.78, 5) is 0. The molecule has 8 heteroatoms. The second-order valence-electron chi connectivity index (χ2n) is 9.42. The quantitative estimate of drug-likeness (QED) is 0.229. The van der Waals surface area contributed by atoms with Crippen molar-refractivity contribution >= 4 is 0 Å². The monoisotopic (exact) mass is 510 g/mol. The molecule has 0 heterocycles. The van der Waals surface area contributed by atoms with Gasteiger partial charge in [-0.25, -0.2) is 22.0 Å². The molecule has 1 aliphatic carbocycles. The Bertz CT molecular complexity index is 1190. The minimum atomic E-state index is -4.12. The molecule has 0 aliphatic heterocycles. The van der Waals surface area contributed by atoms with Crippen molar-refractivity contribution in [3.63, 3.8) is 0 Å². The lowest BCUT2D eigenvalue weighted by atomic mass is 9.79. The van der Waals surface area contributed by atoms with Gasteiger partial charge in [0.15, 0.2) is 29.1 Å². The summed E-state index contributed by atoms with van der Waals surface area (Å²) >= 11 is 0. The molecule has 0 atom stereocenters. The third-order valence-electron chi connectivity index (χ3n) is 6.80. The van der Waals surface area contributed by atoms with Gasteiger partial charge in [0.2, 0.25) is 0 Å². The molecule has 0 N–H and O–H groups in total. The normalized spacial score (nSPS) is 18.3. The third kappa shape index (κ3) is 5.68. The predicted molar refractivity (Wildman–Crippen MR) is 121 cm³/mol. The van der Waals surface area contributed by atoms with Gasteiger partial charge in [-0.15, -0.1) is 0 Å². The van der Waals surface area contributed by atoms with Gasteiger partial charge in [0.1, 0.15) is 11.3 Å². The Morgan fingerprint density at radius 1 is 0.722 bits per heavy atom. The smallest absolute Gasteiger partial charge is 0.429 e. The van der Waals surface area contributed by atoms with E-state index in [0.29, 0.717) is 30.7 Å². The van der Waals surface area contributed by atoms with Crippen molar-refractivity contribution in [3.05, 3.63) is 99.9 Å². The van der Waals surface area contributed by atoms with Crippen LogP contribution in [-0.4, -0.2) is 0 Å². The van der Waals surface area contributed by atoms with Gasteiger partial charge >= 0.3 is 6.11 Å². The lowest BCUT2D eigenvalue weighted by Crippen LogP contribution is -2.25. The standard InChI is InChI=1S/C28H25F7O/c1-16-2-8-19(9-3-16)21-12-13-22(26(32)25(21)31)28(34,35)36-20-10-6-17(7-11-20)4-5-18-14-23(29)27(33)24(30)15-18/h6-7,10-16,19H,2-5,8-9H2,1H3. The van der Waals surface area contributed by atoms with Crippen molar-refractivity contribution in [2.24, 2.45) is 5.92 Å². The van der Waals surface area contributed by atoms with E-state index in [9.17, 15) is 30.7 Å². The van der Waals surface area contributed by atoms with E-state index in [1.54, 1.807) is 0 Å². The van der Waals surface area contributed by atoms with Crippen LogP contribution in [0.2, 0.25) is 0 Å². The average Bonchev–Trinajstić information content (AvgIpc) is 2.84. The van der Waals surface area contributed by atoms with Gasteiger partial charge in [0.05, 0.1) is 0 Å². The third-order valence-corrected chi connectivity index (χ3v) is 6.80. The highest BCUT2D eigenvalue weighted by Gasteiger charge is 2.40. The molecule has 192 valence electrons. The Balaban J connectivity index is 1.43. The molecule has 4 rings (SSSR count). The molecule has 1 saturated carbocycles. The maximum absolute atomic E-state index is 14.8. The number of halogens is 7. The van der Waals surface area contributed by atoms with E-state index >= 15 is 0 Å². The fraction of sp³-hybridized carbons (Fsp3) is 0.357. The highest BCUT2D eigenvalue weighted by Crippen LogP contribution is 2.40. The minimum absolute atomic E-state index is 0.115. The van der Waals surface area contributed by atoms with Crippen LogP contribution in [0.15, 0.2) is 48.5 Å². The van der Waals surface area contributed by atoms with Crippen molar-refractivity contribution in [3.8, 4) is 5.75 Å². The molecule has 3 aromatic rings. The zero-order valence-corrected chi connectivity index (χ0v) is 19.6. The van der Waals surface area contributed by atoms with Gasteiger partial charge in [-0.05, 0) is 84.5 Å². The van der Waals surface area contributed by atoms with Crippen LogP contribution in [0.1, 0.15) is 60.8 Å². The first-order valence-electron chi connectivity index (χ1n) is 11.8. The first-order valence-corrected chi connectivity index (χ1v) is 11.8. The number of alkyl halides is 2. The second kappa shape index (κ2) is 10.5. The molecule has 1 fully saturated rings. The minimum Gasteiger partial charge on any atom is -0.429 e. The van der Waals surface area contributed by atoms with Gasteiger partial charge in [0.25, 0.3) is 0 Å². The van der Waals surface area contributed by atoms with Crippen LogP contribution in [0.4, 0.5) is 30.7 Å². The number of benzene rings is 3. The van der Waals surface area contributed by atoms with Crippen LogP contribution in [0, 0.1) is 35.0 Å². The highest BCUT2D eigenvalue weighted by molar-refractivity contribution is 5.33. The zero-order chi connectivity index (χ0) is 26.0. The lowest BCUT2D eigenvalue weighted by Gasteiger charge is -2.27. The molecule has 0 amide bonds. The maximum atomic E-state index is 14.8. The van der Waals surface area contributed by atoms with Crippen molar-refractivity contribution in [1.29, 1.82) is 0 Å². The molecule has 0 radical (unpaired) electrons. The van der Waals surface area contributed by atoms with Crippen LogP contribution >= 0.6 is 0 Å². The van der Waals surface area contributed by atoms with Gasteiger partial charge in [-0.2, -0.15) is 8.78 Å². The van der Waals surface area contributed by atoms with Gasteiger partial charge < -0.3 is 4.74 Å². The number of aryl methyl sites for hydroxylation is 2. The largest absolute Gasteiger partial charge is 0.429 e. The van der Waals surface area contributed by atoms with Crippen molar-refractivity contribution < 1.29 is 35.5 Å². The SMILES string of the molecule is CC1CCC(c2ccc(C(F)(F)Oc3ccc(CCc4cc(F)c(F)c(F)c4)cc3)c(F)c2F)CC1. The van der Waals surface area contributed by atoms with Crippen LogP contribution in [0.5, 0.6) is 5.75 Å². The molecule has 36 heavy (non-hydrogen) atoms. The average molecular weight is 510 g/mol. The van der Waals surface area contributed by atoms with E-state index in [2.05, 4.69) is 6.92 Å². The first kappa shape index (κ1) is 26.0. The fourth-order valence-corrected chi connectivity index (χ4v) is 4.64. The van der Waals surface area contributed by atoms with Gasteiger partial charge in [-0.3, -0.25) is 0 Å². The lowest BCUT2D eigenvalue weighted by molar-refractivity contribution is -0.187. The molecular formula is C28H25F7O. The maximum Gasteiger partial charge on any atom is 0.429 e. The van der Waals surface area contributed by atoms with Crippen LogP contribution in [0.3, 0.4) is 0 Å². The summed E-state index contributed by atoms with van der Waals surface area (Å²) in [7, 11) is 0. The van der Waals surface area contributed by atoms with E-state index < -0.39 is 40.8 Å². The van der Waals surface area contributed by atoms with Crippen LogP contribution in [0.25, 0.3) is 0 Å². The summed E-state index contributed by atoms with van der Waals surface area (Å²) < 4.78 is 103. The summed E-state index contributed by atoms with van der Waals surface area (Å²) in [5.74, 6) is -6.97. The van der Waals surface area contributed by atoms with Gasteiger partial charge in [0, 0.05) is 0 Å². The molecule has 0 unspecified atom stereocenters. The zero-order valence-electron chi connectivity index (χ0n) is 19.6. The van der Waals surface area contributed by atoms with Crippen LogP contribution in [-0.2, 0) is 19.0 Å². The van der Waals surface area contributed by atoms with E-state index in [1.165, 1.54) is 30.3 Å². The Labute approximate surface area is 204 Å². The summed E-state index contributed by atoms with van der Waals surface area (Å²) in [6.07, 6.45) is -0.526. The second-order valence-corrected chi connectivity index (χ2v) is 9.42. The molecule has 0 aromatic heterocycles. The number of ether oxygens (including phenoxy) is 1.